The van der Waals surface area contributed by atoms with Crippen LogP contribution in [0.4, 0.5) is 22.2 Å². The molecule has 0 bridgehead atoms. The summed E-state index contributed by atoms with van der Waals surface area (Å²) >= 11 is 0. The number of benzene rings is 1. The number of rotatable bonds is 3. The Balaban J connectivity index is 1.38. The number of aryl methyl sites for hydroxylation is 2. The van der Waals surface area contributed by atoms with Crippen LogP contribution < -0.4 is 15.1 Å². The summed E-state index contributed by atoms with van der Waals surface area (Å²) < 4.78 is 0. The van der Waals surface area contributed by atoms with Gasteiger partial charge >= 0.3 is 6.03 Å². The first kappa shape index (κ1) is 20.4. The fraction of sp³-hybridized carbons (Fsp3) is 0.500. The molecule has 0 saturated carbocycles. The van der Waals surface area contributed by atoms with E-state index in [0.29, 0.717) is 13.1 Å². The zero-order valence-electron chi connectivity index (χ0n) is 18.1. The summed E-state index contributed by atoms with van der Waals surface area (Å²) in [5.41, 5.74) is 2.91. The number of hydrogen-bond donors (Lipinski definition) is 1. The lowest BCUT2D eigenvalue weighted by Gasteiger charge is -2.36. The molecule has 4 rings (SSSR count). The molecule has 2 aliphatic heterocycles. The maximum atomic E-state index is 12.7. The van der Waals surface area contributed by atoms with Crippen LogP contribution in [0, 0.1) is 13.8 Å². The molecule has 2 saturated heterocycles. The molecule has 0 atom stereocenters. The van der Waals surface area contributed by atoms with Crippen molar-refractivity contribution in [2.45, 2.75) is 13.8 Å². The summed E-state index contributed by atoms with van der Waals surface area (Å²) in [7, 11) is 2.16. The van der Waals surface area contributed by atoms with E-state index in [9.17, 15) is 4.79 Å². The molecule has 1 aromatic heterocycles. The lowest BCUT2D eigenvalue weighted by atomic mass is 10.2. The van der Waals surface area contributed by atoms with Crippen molar-refractivity contribution >= 4 is 23.5 Å². The van der Waals surface area contributed by atoms with Gasteiger partial charge in [0, 0.05) is 69.8 Å². The summed E-state index contributed by atoms with van der Waals surface area (Å²) in [6.07, 6.45) is 0. The van der Waals surface area contributed by atoms with Gasteiger partial charge in [-0.05, 0) is 32.5 Å². The van der Waals surface area contributed by atoms with Crippen molar-refractivity contribution in [3.05, 3.63) is 41.6 Å². The van der Waals surface area contributed by atoms with Gasteiger partial charge in [-0.25, -0.2) is 9.78 Å². The molecule has 3 heterocycles. The number of carbonyl (C=O) groups excluding carboxylic acids is 1. The Morgan fingerprint density at radius 2 is 1.57 bits per heavy atom. The molecule has 1 aromatic carbocycles. The summed E-state index contributed by atoms with van der Waals surface area (Å²) in [6, 6.07) is 9.87. The van der Waals surface area contributed by atoms with E-state index in [2.05, 4.69) is 38.1 Å². The van der Waals surface area contributed by atoms with Gasteiger partial charge in [-0.1, -0.05) is 18.2 Å². The van der Waals surface area contributed by atoms with E-state index < -0.39 is 0 Å². The number of piperazine rings is 2. The fourth-order valence-corrected chi connectivity index (χ4v) is 3.89. The van der Waals surface area contributed by atoms with Gasteiger partial charge in [0.05, 0.1) is 0 Å². The molecular weight excluding hydrogens is 378 g/mol. The average molecular weight is 410 g/mol. The maximum absolute atomic E-state index is 12.7. The monoisotopic (exact) mass is 409 g/mol. The Labute approximate surface area is 178 Å². The number of aromatic nitrogens is 2. The molecule has 1 N–H and O–H groups in total. The first-order chi connectivity index (χ1) is 14.5. The van der Waals surface area contributed by atoms with Crippen molar-refractivity contribution in [2.24, 2.45) is 0 Å². The van der Waals surface area contributed by atoms with E-state index in [0.717, 1.165) is 68.0 Å². The summed E-state index contributed by atoms with van der Waals surface area (Å²) in [5.74, 6) is 1.77. The number of para-hydroxylation sites is 1. The first-order valence-corrected chi connectivity index (χ1v) is 10.7. The van der Waals surface area contributed by atoms with Crippen LogP contribution in [0.25, 0.3) is 0 Å². The fourth-order valence-electron chi connectivity index (χ4n) is 3.89. The van der Waals surface area contributed by atoms with E-state index in [1.807, 2.05) is 43.0 Å². The Kier molecular flexibility index (Phi) is 6.03. The van der Waals surface area contributed by atoms with Gasteiger partial charge in [0.25, 0.3) is 0 Å². The van der Waals surface area contributed by atoms with Crippen LogP contribution in [0.2, 0.25) is 0 Å². The zero-order valence-corrected chi connectivity index (χ0v) is 18.1. The predicted octanol–water partition coefficient (Wildman–Crippen LogP) is 2.20. The van der Waals surface area contributed by atoms with Crippen molar-refractivity contribution < 1.29 is 4.79 Å². The number of likely N-dealkylation sites (N-methyl/N-ethyl adjacent to an activating group) is 1. The smallest absolute Gasteiger partial charge is 0.321 e. The SMILES string of the molecule is Cc1cc(N2CCN(C)CC2)nc(N2CCN(C(=O)Nc3ccccc3C)CC2)n1. The maximum Gasteiger partial charge on any atom is 0.321 e. The summed E-state index contributed by atoms with van der Waals surface area (Å²) in [4.78, 5) is 30.9. The van der Waals surface area contributed by atoms with Crippen LogP contribution in [0.1, 0.15) is 11.3 Å². The number of nitrogens with zero attached hydrogens (tertiary/aromatic N) is 6. The van der Waals surface area contributed by atoms with Crippen molar-refractivity contribution in [1.82, 2.24) is 19.8 Å². The molecule has 2 aliphatic rings. The summed E-state index contributed by atoms with van der Waals surface area (Å²) in [6.45, 7) is 10.9. The van der Waals surface area contributed by atoms with Gasteiger partial charge in [0.1, 0.15) is 5.82 Å². The molecule has 0 radical (unpaired) electrons. The van der Waals surface area contributed by atoms with Crippen LogP contribution in [0.15, 0.2) is 30.3 Å². The van der Waals surface area contributed by atoms with E-state index in [-0.39, 0.29) is 6.03 Å². The molecule has 0 spiro atoms. The van der Waals surface area contributed by atoms with Crippen LogP contribution >= 0.6 is 0 Å². The molecule has 2 amide bonds. The van der Waals surface area contributed by atoms with Crippen molar-refractivity contribution in [3.63, 3.8) is 0 Å². The Morgan fingerprint density at radius 3 is 2.27 bits per heavy atom. The number of carbonyl (C=O) groups is 1. The highest BCUT2D eigenvalue weighted by Gasteiger charge is 2.24. The normalized spacial score (nSPS) is 17.9. The Hall–Kier alpha value is -2.87. The van der Waals surface area contributed by atoms with Gasteiger partial charge in [0.2, 0.25) is 5.95 Å². The Bertz CT molecular complexity index is 887. The second-order valence-corrected chi connectivity index (χ2v) is 8.18. The minimum Gasteiger partial charge on any atom is -0.354 e. The van der Waals surface area contributed by atoms with Crippen LogP contribution in [0.5, 0.6) is 0 Å². The third-order valence-corrected chi connectivity index (χ3v) is 5.89. The van der Waals surface area contributed by atoms with Crippen LogP contribution in [-0.2, 0) is 0 Å². The van der Waals surface area contributed by atoms with Crippen molar-refractivity contribution in [3.8, 4) is 0 Å². The van der Waals surface area contributed by atoms with Gasteiger partial charge in [-0.2, -0.15) is 4.98 Å². The van der Waals surface area contributed by atoms with Crippen LogP contribution in [0.3, 0.4) is 0 Å². The first-order valence-electron chi connectivity index (χ1n) is 10.7. The van der Waals surface area contributed by atoms with E-state index in [4.69, 9.17) is 4.98 Å². The van der Waals surface area contributed by atoms with Gasteiger partial charge in [-0.15, -0.1) is 0 Å². The number of hydrogen-bond acceptors (Lipinski definition) is 6. The van der Waals surface area contributed by atoms with E-state index in [1.54, 1.807) is 0 Å². The van der Waals surface area contributed by atoms with Crippen molar-refractivity contribution in [2.75, 3.05) is 74.5 Å². The minimum atomic E-state index is -0.0489. The standard InChI is InChI=1S/C22H31N7O/c1-17-6-4-5-7-19(17)24-22(30)29-14-12-28(13-15-29)21-23-18(2)16-20(25-21)27-10-8-26(3)9-11-27/h4-7,16H,8-15H2,1-3H3,(H,24,30). The highest BCUT2D eigenvalue weighted by molar-refractivity contribution is 5.90. The van der Waals surface area contributed by atoms with Crippen molar-refractivity contribution in [1.29, 1.82) is 0 Å². The number of anilines is 3. The lowest BCUT2D eigenvalue weighted by Crippen LogP contribution is -2.50. The van der Waals surface area contributed by atoms with Gasteiger partial charge in [-0.3, -0.25) is 0 Å². The van der Waals surface area contributed by atoms with E-state index in [1.165, 1.54) is 0 Å². The molecule has 0 aliphatic carbocycles. The molecular formula is C22H31N7O. The van der Waals surface area contributed by atoms with Gasteiger partial charge in [0.15, 0.2) is 0 Å². The molecule has 30 heavy (non-hydrogen) atoms. The lowest BCUT2D eigenvalue weighted by molar-refractivity contribution is 0.208. The second-order valence-electron chi connectivity index (χ2n) is 8.18. The highest BCUT2D eigenvalue weighted by Crippen LogP contribution is 2.20. The quantitative estimate of drug-likeness (QED) is 0.838. The zero-order chi connectivity index (χ0) is 21.1. The highest BCUT2D eigenvalue weighted by atomic mass is 16.2. The number of urea groups is 1. The topological polar surface area (TPSA) is 67.8 Å². The molecule has 8 nitrogen and oxygen atoms in total. The Morgan fingerprint density at radius 1 is 0.900 bits per heavy atom. The predicted molar refractivity (Wildman–Crippen MR) is 120 cm³/mol. The van der Waals surface area contributed by atoms with Gasteiger partial charge < -0.3 is 24.9 Å². The number of nitrogens with one attached hydrogen (secondary N) is 1. The van der Waals surface area contributed by atoms with E-state index >= 15 is 0 Å². The average Bonchev–Trinajstić information content (AvgIpc) is 2.75. The molecule has 160 valence electrons. The molecule has 2 fully saturated rings. The molecule has 8 heteroatoms. The van der Waals surface area contributed by atoms with Crippen LogP contribution in [-0.4, -0.2) is 85.2 Å². The summed E-state index contributed by atoms with van der Waals surface area (Å²) in [5, 5.41) is 3.03. The minimum absolute atomic E-state index is 0.0489. The molecule has 0 unspecified atom stereocenters. The molecule has 2 aromatic rings. The largest absolute Gasteiger partial charge is 0.354 e. The number of amides is 2. The third-order valence-electron chi connectivity index (χ3n) is 5.89. The third kappa shape index (κ3) is 4.64. The second kappa shape index (κ2) is 8.87.